The molecular formula is C79H102FN15O14. The maximum atomic E-state index is 15.7. The molecule has 109 heavy (non-hydrogen) atoms. The van der Waals surface area contributed by atoms with Crippen LogP contribution in [0.2, 0.25) is 0 Å². The lowest BCUT2D eigenvalue weighted by Gasteiger charge is -2.36. The smallest absolute Gasteiger partial charge is 0.246 e. The van der Waals surface area contributed by atoms with Crippen LogP contribution in [0, 0.1) is 5.82 Å². The van der Waals surface area contributed by atoms with E-state index in [-0.39, 0.29) is 95.7 Å². The van der Waals surface area contributed by atoms with Gasteiger partial charge in [0.05, 0.1) is 51.3 Å². The number of halogens is 1. The summed E-state index contributed by atoms with van der Waals surface area (Å²) in [5.74, 6) is -5.46. The SMILES string of the molecule is CCCn1cc(CO[C@H](C)CNC(=O)[C@@H]2C3CCN2C(=O)[C@@H]2Cc4cn(c5ccc(F)cc45)CCCCCCN(Cc4ccc(CCNC(=O)[C@]5(C)CCCN5C(=O)[C@H](Cc5ccc(OC)cc5)NCC=O)cc4)C(=O)CCC(=O)N[C@@H](C)C(=O)NCC(=O)N[C@@H](Cc4cccc(c4)CNC(=O)CO3)C(=O)N2)nn1. The Kier molecular flexibility index (Phi) is 29.1. The summed E-state index contributed by atoms with van der Waals surface area (Å²) >= 11 is 0. The number of rotatable bonds is 21. The summed E-state index contributed by atoms with van der Waals surface area (Å²) < 4.78 is 36.8. The van der Waals surface area contributed by atoms with Crippen LogP contribution < -0.4 is 47.3 Å². The largest absolute Gasteiger partial charge is 0.497 e. The first kappa shape index (κ1) is 81.1. The van der Waals surface area contributed by atoms with Crippen molar-refractivity contribution in [1.29, 1.82) is 0 Å². The van der Waals surface area contributed by atoms with Gasteiger partial charge in [-0.3, -0.25) is 57.9 Å². The number of methoxy groups -OCH3 is 1. The van der Waals surface area contributed by atoms with E-state index in [4.69, 9.17) is 14.2 Å². The Morgan fingerprint density at radius 3 is 2.31 bits per heavy atom. The van der Waals surface area contributed by atoms with Gasteiger partial charge in [-0.25, -0.2) is 4.39 Å². The summed E-state index contributed by atoms with van der Waals surface area (Å²) in [6.45, 7) is 8.33. The standard InChI is InChI=1S/C79H102FN15O14/c1-6-32-93-48-60(89-90-93)49-108-51(2)43-84-75(103)72-67-28-36-94(72)76(104)65-41-58-47-91(66-24-21-59(80)42-62(58)66)33-9-7-8-10-34-92(71(100)26-25-68(97)86-52(3)73(101)85-45-69(98)87-63(74(102)88-65)40-56-13-11-14-57(38-56)44-83-70(99)50-109-67)46-55-17-15-53(16-18-55)27-30-82-78(106)79(4)29-12-35-95(79)77(105)64(81-31-37-96)39-54-19-22-61(107-5)23-20-54/h11,13-24,37-38,42,47-48,51-52,63-65,67,72,81H,6-10,12,25-36,39-41,43-46,49-50H2,1-5H3,(H,82,106)(H,83,99)(H,84,103)(H,85,101)(H,86,97)(H,87,98)(H,88,102)/t51-,52+,63+,64+,65+,67?,72+,79+/m1/s1. The van der Waals surface area contributed by atoms with E-state index in [0.717, 1.165) is 23.1 Å². The minimum atomic E-state index is -1.46. The summed E-state index contributed by atoms with van der Waals surface area (Å²) in [5.41, 5.74) is 4.41. The van der Waals surface area contributed by atoms with Crippen LogP contribution >= 0.6 is 0 Å². The summed E-state index contributed by atoms with van der Waals surface area (Å²) in [5, 5.41) is 31.5. The highest BCUT2D eigenvalue weighted by Gasteiger charge is 2.48. The van der Waals surface area contributed by atoms with Crippen LogP contribution in [-0.2, 0) is 121 Å². The van der Waals surface area contributed by atoms with Gasteiger partial charge >= 0.3 is 0 Å². The summed E-state index contributed by atoms with van der Waals surface area (Å²) in [6.07, 6.45) is 7.44. The molecule has 8 bridgehead atoms. The van der Waals surface area contributed by atoms with Gasteiger partial charge in [0.1, 0.15) is 59.9 Å². The number of ether oxygens (including phenoxy) is 3. The van der Waals surface area contributed by atoms with Crippen molar-refractivity contribution in [2.24, 2.45) is 0 Å². The molecule has 10 amide bonds. The van der Waals surface area contributed by atoms with Gasteiger partial charge < -0.3 is 75.5 Å². The van der Waals surface area contributed by atoms with E-state index in [9.17, 15) is 43.2 Å². The lowest BCUT2D eigenvalue weighted by atomic mass is 9.95. The predicted octanol–water partition coefficient (Wildman–Crippen LogP) is 3.33. The highest BCUT2D eigenvalue weighted by atomic mass is 19.1. The number of aryl methyl sites for hydroxylation is 2. The van der Waals surface area contributed by atoms with Gasteiger partial charge in [-0.15, -0.1) is 5.10 Å². The van der Waals surface area contributed by atoms with Crippen molar-refractivity contribution in [2.45, 2.75) is 198 Å². The number of aldehydes is 1. The van der Waals surface area contributed by atoms with Gasteiger partial charge in [-0.2, -0.15) is 0 Å². The molecule has 4 aromatic carbocycles. The Morgan fingerprint density at radius 1 is 0.780 bits per heavy atom. The second kappa shape index (κ2) is 39.1. The lowest BCUT2D eigenvalue weighted by molar-refractivity contribution is -0.145. The summed E-state index contributed by atoms with van der Waals surface area (Å²) in [7, 11) is 1.57. The van der Waals surface area contributed by atoms with Crippen molar-refractivity contribution < 1.29 is 71.3 Å². The van der Waals surface area contributed by atoms with Crippen molar-refractivity contribution in [3.8, 4) is 5.75 Å². The minimum absolute atomic E-state index is 0.00256. The van der Waals surface area contributed by atoms with Crippen molar-refractivity contribution >= 4 is 76.3 Å². The number of carbonyl (C=O) groups is 11. The molecule has 10 rings (SSSR count). The van der Waals surface area contributed by atoms with E-state index >= 15 is 14.0 Å². The van der Waals surface area contributed by atoms with Gasteiger partial charge in [0.15, 0.2) is 0 Å². The first-order valence-corrected chi connectivity index (χ1v) is 37.8. The molecule has 8 atom stereocenters. The normalized spacial score (nSPS) is 21.8. The zero-order valence-corrected chi connectivity index (χ0v) is 62.7. The van der Waals surface area contributed by atoms with E-state index in [2.05, 4.69) is 52.8 Å². The van der Waals surface area contributed by atoms with Crippen LogP contribution in [-0.4, -0.2) is 207 Å². The number of nitrogens with zero attached hydrogens (tertiary/aromatic N) is 7. The Labute approximate surface area is 633 Å². The molecule has 0 radical (unpaired) electrons. The Hall–Kier alpha value is -10.5. The van der Waals surface area contributed by atoms with Gasteiger partial charge in [0.25, 0.3) is 0 Å². The van der Waals surface area contributed by atoms with Crippen LogP contribution in [0.5, 0.6) is 5.75 Å². The van der Waals surface area contributed by atoms with E-state index < -0.39 is 108 Å². The maximum absolute atomic E-state index is 15.7. The van der Waals surface area contributed by atoms with Crippen LogP contribution in [0.3, 0.4) is 0 Å². The average Bonchev–Trinajstić information content (AvgIpc) is 1.66. The molecule has 8 N–H and O–H groups in total. The van der Waals surface area contributed by atoms with Gasteiger partial charge in [0, 0.05) is 102 Å². The zero-order chi connectivity index (χ0) is 77.6. The topological polar surface area (TPSA) is 357 Å². The number of amides is 10. The third-order valence-electron chi connectivity index (χ3n) is 20.5. The van der Waals surface area contributed by atoms with Crippen LogP contribution in [0.1, 0.15) is 131 Å². The number of carbonyl (C=O) groups excluding carboxylic acids is 11. The first-order chi connectivity index (χ1) is 52.6. The van der Waals surface area contributed by atoms with Crippen LogP contribution in [0.15, 0.2) is 103 Å². The Bertz CT molecular complexity index is 4190. The molecule has 0 saturated carbocycles. The van der Waals surface area contributed by atoms with Crippen molar-refractivity contribution in [2.75, 3.05) is 59.5 Å². The van der Waals surface area contributed by atoms with E-state index in [1.54, 1.807) is 84.1 Å². The fraction of sp³-hybridized carbons (Fsp3) is 0.506. The van der Waals surface area contributed by atoms with Gasteiger partial charge in [0.2, 0.25) is 59.1 Å². The first-order valence-electron chi connectivity index (χ1n) is 37.8. The molecule has 4 aliphatic heterocycles. The lowest BCUT2D eigenvalue weighted by Crippen LogP contribution is -2.59. The van der Waals surface area contributed by atoms with Crippen LogP contribution in [0.4, 0.5) is 4.39 Å². The monoisotopic (exact) mass is 1500 g/mol. The molecule has 6 heterocycles. The molecule has 2 fully saturated rings. The molecule has 30 heteroatoms. The quantitative estimate of drug-likeness (QED) is 0.0479. The fourth-order valence-corrected chi connectivity index (χ4v) is 14.5. The van der Waals surface area contributed by atoms with E-state index in [0.29, 0.717) is 123 Å². The van der Waals surface area contributed by atoms with Crippen molar-refractivity contribution in [1.82, 2.24) is 76.8 Å². The fourth-order valence-electron chi connectivity index (χ4n) is 14.5. The molecule has 1 unspecified atom stereocenters. The third kappa shape index (κ3) is 22.4. The molecule has 2 aromatic heterocycles. The Morgan fingerprint density at radius 2 is 1.54 bits per heavy atom. The molecule has 2 saturated heterocycles. The number of likely N-dealkylation sites (tertiary alicyclic amines) is 1. The second-order valence-electron chi connectivity index (χ2n) is 28.8. The predicted molar refractivity (Wildman–Crippen MR) is 400 cm³/mol. The van der Waals surface area contributed by atoms with E-state index in [1.165, 1.54) is 24.0 Å². The number of aromatic nitrogens is 4. The zero-order valence-electron chi connectivity index (χ0n) is 62.7. The molecule has 6 aromatic rings. The van der Waals surface area contributed by atoms with E-state index in [1.807, 2.05) is 54.1 Å². The summed E-state index contributed by atoms with van der Waals surface area (Å²) in [4.78, 5) is 159. The Balaban J connectivity index is 0.846. The van der Waals surface area contributed by atoms with Crippen LogP contribution in [0.25, 0.3) is 10.9 Å². The second-order valence-corrected chi connectivity index (χ2v) is 28.8. The molecule has 0 spiro atoms. The molecular weight excluding hydrogens is 1400 g/mol. The number of hydrogen-bond acceptors (Lipinski definition) is 17. The number of nitrogens with one attached hydrogen (secondary N) is 8. The minimum Gasteiger partial charge on any atom is -0.497 e. The highest BCUT2D eigenvalue weighted by molar-refractivity contribution is 5.98. The average molecular weight is 1500 g/mol. The third-order valence-corrected chi connectivity index (χ3v) is 20.5. The number of benzene rings is 4. The maximum Gasteiger partial charge on any atom is 0.246 e. The number of fused-ring (bicyclic) bond motifs is 12. The van der Waals surface area contributed by atoms with Crippen molar-refractivity contribution in [3.63, 3.8) is 0 Å². The molecule has 4 aliphatic rings. The van der Waals surface area contributed by atoms with Gasteiger partial charge in [-0.05, 0) is 136 Å². The van der Waals surface area contributed by atoms with Gasteiger partial charge in [-0.1, -0.05) is 85.6 Å². The highest BCUT2D eigenvalue weighted by Crippen LogP contribution is 2.32. The molecule has 0 aliphatic carbocycles. The number of hydrogen-bond donors (Lipinski definition) is 8. The molecule has 29 nitrogen and oxygen atoms in total. The summed E-state index contributed by atoms with van der Waals surface area (Å²) in [6, 6.07) is 20.2. The van der Waals surface area contributed by atoms with Crippen molar-refractivity contribution in [3.05, 3.63) is 148 Å². The molecule has 584 valence electrons.